The summed E-state index contributed by atoms with van der Waals surface area (Å²) in [6, 6.07) is 6.34. The molecule has 2 saturated carbocycles. The minimum Gasteiger partial charge on any atom is -0.486 e. The van der Waals surface area contributed by atoms with E-state index in [1.165, 1.54) is 31.2 Å². The topological polar surface area (TPSA) is 18.5 Å². The van der Waals surface area contributed by atoms with Gasteiger partial charge in [-0.15, -0.1) is 0 Å². The van der Waals surface area contributed by atoms with Gasteiger partial charge in [-0.25, -0.2) is 0 Å². The third kappa shape index (κ3) is 2.11. The number of rotatable bonds is 2. The van der Waals surface area contributed by atoms with Gasteiger partial charge in [0.2, 0.25) is 0 Å². The molecule has 0 N–H and O–H groups in total. The van der Waals surface area contributed by atoms with Crippen molar-refractivity contribution in [1.29, 1.82) is 0 Å². The number of halogens is 1. The van der Waals surface area contributed by atoms with E-state index in [0.29, 0.717) is 16.3 Å². The molecule has 1 aromatic rings. The fraction of sp³-hybridized carbons (Fsp3) is 0.667. The number of hydrogen-bond donors (Lipinski definition) is 0. The number of hydrogen-bond acceptors (Lipinski definition) is 2. The summed E-state index contributed by atoms with van der Waals surface area (Å²) in [4.78, 5) is 0.631. The highest BCUT2D eigenvalue weighted by molar-refractivity contribution is 9.09. The summed E-state index contributed by atoms with van der Waals surface area (Å²) in [5, 5.41) is 0. The molecule has 1 aliphatic heterocycles. The third-order valence-electron chi connectivity index (χ3n) is 5.54. The zero-order valence-corrected chi connectivity index (χ0v) is 14.4. The molecule has 2 atom stereocenters. The second kappa shape index (κ2) is 4.65. The standard InChI is InChI=1S/C18H23BrO2/c1-17(2)11-12-6-5-7-13(16(12)21-17)20-15-10-14(19)18(15)8-3-4-9-18/h5-7,14-15H,3-4,8-11H2,1-2H3. The molecule has 0 amide bonds. The van der Waals surface area contributed by atoms with Crippen LogP contribution in [0.2, 0.25) is 0 Å². The summed E-state index contributed by atoms with van der Waals surface area (Å²) in [6.45, 7) is 4.29. The molecule has 21 heavy (non-hydrogen) atoms. The fourth-order valence-electron chi connectivity index (χ4n) is 4.37. The van der Waals surface area contributed by atoms with Gasteiger partial charge in [-0.05, 0) is 39.2 Å². The first-order valence-corrected chi connectivity index (χ1v) is 9.03. The molecule has 4 rings (SSSR count). The SMILES string of the molecule is CC1(C)Cc2cccc(OC3CC(Br)C34CCCC4)c2O1. The number of alkyl halides is 1. The molecule has 0 aromatic heterocycles. The van der Waals surface area contributed by atoms with Crippen LogP contribution in [0.3, 0.4) is 0 Å². The first-order chi connectivity index (χ1) is 10.0. The highest BCUT2D eigenvalue weighted by atomic mass is 79.9. The first kappa shape index (κ1) is 13.9. The van der Waals surface area contributed by atoms with Crippen LogP contribution in [0.4, 0.5) is 0 Å². The zero-order chi connectivity index (χ0) is 14.7. The summed E-state index contributed by atoms with van der Waals surface area (Å²) in [7, 11) is 0. The average Bonchev–Trinajstić information content (AvgIpc) is 3.03. The smallest absolute Gasteiger partial charge is 0.165 e. The van der Waals surface area contributed by atoms with E-state index < -0.39 is 0 Å². The molecular formula is C18H23BrO2. The number of para-hydroxylation sites is 1. The molecule has 3 aliphatic rings. The molecule has 1 spiro atoms. The summed E-state index contributed by atoms with van der Waals surface area (Å²) < 4.78 is 12.6. The molecule has 114 valence electrons. The van der Waals surface area contributed by atoms with Gasteiger partial charge in [0.25, 0.3) is 0 Å². The maximum Gasteiger partial charge on any atom is 0.165 e. The Kier molecular flexibility index (Phi) is 3.08. The van der Waals surface area contributed by atoms with Crippen molar-refractivity contribution < 1.29 is 9.47 Å². The predicted octanol–water partition coefficient (Wildman–Crippen LogP) is 4.88. The zero-order valence-electron chi connectivity index (χ0n) is 12.8. The molecule has 3 heteroatoms. The van der Waals surface area contributed by atoms with Crippen LogP contribution in [0.1, 0.15) is 51.5 Å². The molecule has 2 unspecified atom stereocenters. The summed E-state index contributed by atoms with van der Waals surface area (Å²) in [5.41, 5.74) is 1.55. The summed E-state index contributed by atoms with van der Waals surface area (Å²) in [5.74, 6) is 1.93. The van der Waals surface area contributed by atoms with Gasteiger partial charge < -0.3 is 9.47 Å². The number of fused-ring (bicyclic) bond motifs is 1. The van der Waals surface area contributed by atoms with Gasteiger partial charge in [0.15, 0.2) is 11.5 Å². The minimum atomic E-state index is -0.107. The normalized spacial score (nSPS) is 31.6. The maximum atomic E-state index is 6.44. The minimum absolute atomic E-state index is 0.107. The van der Waals surface area contributed by atoms with Crippen molar-refractivity contribution in [3.63, 3.8) is 0 Å². The van der Waals surface area contributed by atoms with Crippen LogP contribution < -0.4 is 9.47 Å². The van der Waals surface area contributed by atoms with E-state index in [2.05, 4.69) is 48.0 Å². The second-order valence-electron chi connectivity index (χ2n) is 7.53. The molecule has 1 aromatic carbocycles. The van der Waals surface area contributed by atoms with Crippen LogP contribution in [0.5, 0.6) is 11.5 Å². The first-order valence-electron chi connectivity index (χ1n) is 8.12. The fourth-order valence-corrected chi connectivity index (χ4v) is 5.46. The van der Waals surface area contributed by atoms with Crippen molar-refractivity contribution in [1.82, 2.24) is 0 Å². The average molecular weight is 351 g/mol. The highest BCUT2D eigenvalue weighted by Gasteiger charge is 2.56. The van der Waals surface area contributed by atoms with Crippen molar-refractivity contribution in [2.24, 2.45) is 5.41 Å². The van der Waals surface area contributed by atoms with Crippen molar-refractivity contribution in [2.45, 2.75) is 68.9 Å². The van der Waals surface area contributed by atoms with Gasteiger partial charge >= 0.3 is 0 Å². The Bertz CT molecular complexity index is 560. The van der Waals surface area contributed by atoms with Crippen molar-refractivity contribution >= 4 is 15.9 Å². The van der Waals surface area contributed by atoms with Gasteiger partial charge in [-0.3, -0.25) is 0 Å². The van der Waals surface area contributed by atoms with E-state index in [1.54, 1.807) is 0 Å². The Labute approximate surface area is 135 Å². The van der Waals surface area contributed by atoms with Crippen LogP contribution in [-0.4, -0.2) is 16.5 Å². The predicted molar refractivity (Wildman–Crippen MR) is 87.5 cm³/mol. The van der Waals surface area contributed by atoms with Gasteiger partial charge in [0, 0.05) is 22.2 Å². The molecule has 0 radical (unpaired) electrons. The van der Waals surface area contributed by atoms with Gasteiger partial charge in [-0.2, -0.15) is 0 Å². The van der Waals surface area contributed by atoms with Crippen LogP contribution >= 0.6 is 15.9 Å². The lowest BCUT2D eigenvalue weighted by atomic mass is 9.64. The van der Waals surface area contributed by atoms with E-state index in [1.807, 2.05) is 0 Å². The van der Waals surface area contributed by atoms with Gasteiger partial charge in [0.1, 0.15) is 11.7 Å². The van der Waals surface area contributed by atoms with Crippen LogP contribution in [0.25, 0.3) is 0 Å². The van der Waals surface area contributed by atoms with Gasteiger partial charge in [0.05, 0.1) is 0 Å². The van der Waals surface area contributed by atoms with Gasteiger partial charge in [-0.1, -0.05) is 40.9 Å². The monoisotopic (exact) mass is 350 g/mol. The third-order valence-corrected chi connectivity index (χ3v) is 6.83. The lowest BCUT2D eigenvalue weighted by Crippen LogP contribution is -2.55. The molecule has 2 fully saturated rings. The molecule has 2 aliphatic carbocycles. The molecule has 2 nitrogen and oxygen atoms in total. The Morgan fingerprint density at radius 1 is 1.24 bits per heavy atom. The largest absolute Gasteiger partial charge is 0.486 e. The lowest BCUT2D eigenvalue weighted by Gasteiger charge is -2.51. The molecule has 0 saturated heterocycles. The van der Waals surface area contributed by atoms with E-state index in [-0.39, 0.29) is 5.60 Å². The van der Waals surface area contributed by atoms with E-state index in [4.69, 9.17) is 9.47 Å². The molecular weight excluding hydrogens is 328 g/mol. The van der Waals surface area contributed by atoms with E-state index in [0.717, 1.165) is 24.3 Å². The van der Waals surface area contributed by atoms with E-state index >= 15 is 0 Å². The summed E-state index contributed by atoms with van der Waals surface area (Å²) >= 11 is 3.87. The quantitative estimate of drug-likeness (QED) is 0.708. The lowest BCUT2D eigenvalue weighted by molar-refractivity contribution is -0.0326. The summed E-state index contributed by atoms with van der Waals surface area (Å²) in [6.07, 6.45) is 7.73. The second-order valence-corrected chi connectivity index (χ2v) is 8.64. The Balaban J connectivity index is 1.58. The van der Waals surface area contributed by atoms with Crippen molar-refractivity contribution in [3.8, 4) is 11.5 Å². The van der Waals surface area contributed by atoms with Crippen LogP contribution in [-0.2, 0) is 6.42 Å². The van der Waals surface area contributed by atoms with Crippen LogP contribution in [0.15, 0.2) is 18.2 Å². The Morgan fingerprint density at radius 3 is 2.71 bits per heavy atom. The Hall–Kier alpha value is -0.700. The van der Waals surface area contributed by atoms with Crippen LogP contribution in [0, 0.1) is 5.41 Å². The molecule has 0 bridgehead atoms. The van der Waals surface area contributed by atoms with Crippen molar-refractivity contribution in [3.05, 3.63) is 23.8 Å². The Morgan fingerprint density at radius 2 is 2.00 bits per heavy atom. The number of benzene rings is 1. The van der Waals surface area contributed by atoms with Crippen molar-refractivity contribution in [2.75, 3.05) is 0 Å². The molecule has 1 heterocycles. The van der Waals surface area contributed by atoms with E-state index in [9.17, 15) is 0 Å². The highest BCUT2D eigenvalue weighted by Crippen LogP contribution is 2.58. The number of ether oxygens (including phenoxy) is 2. The maximum absolute atomic E-state index is 6.44.